The lowest BCUT2D eigenvalue weighted by molar-refractivity contribution is -0.125. The first kappa shape index (κ1) is 17.6. The molecule has 1 saturated carbocycles. The molecule has 6 nitrogen and oxygen atoms in total. The number of urea groups is 1. The summed E-state index contributed by atoms with van der Waals surface area (Å²) in [6.07, 6.45) is 6.10. The summed E-state index contributed by atoms with van der Waals surface area (Å²) in [7, 11) is 1.76. The van der Waals surface area contributed by atoms with Gasteiger partial charge in [-0.3, -0.25) is 4.79 Å². The highest BCUT2D eigenvalue weighted by Crippen LogP contribution is 2.33. The summed E-state index contributed by atoms with van der Waals surface area (Å²) in [5.41, 5.74) is 1.85. The van der Waals surface area contributed by atoms with Gasteiger partial charge in [-0.2, -0.15) is 0 Å². The van der Waals surface area contributed by atoms with E-state index in [2.05, 4.69) is 10.6 Å². The zero-order valence-electron chi connectivity index (χ0n) is 15.0. The Balaban J connectivity index is 1.50. The molecular weight excluding hydrogens is 318 g/mol. The molecule has 1 unspecified atom stereocenters. The molecule has 2 N–H and O–H groups in total. The first-order valence-corrected chi connectivity index (χ1v) is 9.16. The molecule has 25 heavy (non-hydrogen) atoms. The van der Waals surface area contributed by atoms with Crippen LogP contribution in [-0.4, -0.2) is 37.7 Å². The number of hydrogen-bond donors (Lipinski definition) is 2. The number of fused-ring (bicyclic) bond motifs is 1. The summed E-state index contributed by atoms with van der Waals surface area (Å²) in [5, 5.41) is 5.97. The second kappa shape index (κ2) is 7.76. The number of carbonyl (C=O) groups is 2. The summed E-state index contributed by atoms with van der Waals surface area (Å²) < 4.78 is 5.63. The molecule has 136 valence electrons. The molecule has 0 spiro atoms. The van der Waals surface area contributed by atoms with E-state index in [4.69, 9.17) is 4.74 Å². The number of ether oxygens (including phenoxy) is 1. The Morgan fingerprint density at radius 3 is 2.80 bits per heavy atom. The van der Waals surface area contributed by atoms with Gasteiger partial charge in [0.1, 0.15) is 5.75 Å². The van der Waals surface area contributed by atoms with E-state index in [-0.39, 0.29) is 11.9 Å². The van der Waals surface area contributed by atoms with Gasteiger partial charge in [-0.25, -0.2) is 4.79 Å². The molecule has 0 saturated heterocycles. The van der Waals surface area contributed by atoms with Crippen molar-refractivity contribution in [2.75, 3.05) is 18.5 Å². The Morgan fingerprint density at radius 2 is 2.04 bits per heavy atom. The Morgan fingerprint density at radius 1 is 1.28 bits per heavy atom. The van der Waals surface area contributed by atoms with Crippen LogP contribution in [0.4, 0.5) is 10.5 Å². The SMILES string of the molecule is CC1Oc2ccc(CCNC(=O)NC3CCCCC3)cc2N(C)C1=O. The van der Waals surface area contributed by atoms with E-state index in [1.165, 1.54) is 19.3 Å². The van der Waals surface area contributed by atoms with E-state index in [0.29, 0.717) is 19.0 Å². The quantitative estimate of drug-likeness (QED) is 0.881. The first-order chi connectivity index (χ1) is 12.0. The number of nitrogens with zero attached hydrogens (tertiary/aromatic N) is 1. The van der Waals surface area contributed by atoms with Crippen molar-refractivity contribution in [3.8, 4) is 5.75 Å². The third kappa shape index (κ3) is 4.24. The number of nitrogens with one attached hydrogen (secondary N) is 2. The zero-order valence-corrected chi connectivity index (χ0v) is 15.0. The van der Waals surface area contributed by atoms with Crippen molar-refractivity contribution >= 4 is 17.6 Å². The fourth-order valence-corrected chi connectivity index (χ4v) is 3.52. The molecule has 3 amide bonds. The summed E-state index contributed by atoms with van der Waals surface area (Å²) in [6, 6.07) is 6.06. The third-order valence-electron chi connectivity index (χ3n) is 5.01. The first-order valence-electron chi connectivity index (χ1n) is 9.16. The number of hydrogen-bond acceptors (Lipinski definition) is 3. The summed E-state index contributed by atoms with van der Waals surface area (Å²) >= 11 is 0. The predicted octanol–water partition coefficient (Wildman–Crippen LogP) is 2.60. The number of benzene rings is 1. The topological polar surface area (TPSA) is 70.7 Å². The van der Waals surface area contributed by atoms with Crippen molar-refractivity contribution in [2.45, 2.75) is 57.6 Å². The average molecular weight is 345 g/mol. The molecule has 0 radical (unpaired) electrons. The highest BCUT2D eigenvalue weighted by molar-refractivity contribution is 5.99. The van der Waals surface area contributed by atoms with Crippen LogP contribution in [0, 0.1) is 0 Å². The van der Waals surface area contributed by atoms with Crippen molar-refractivity contribution in [1.82, 2.24) is 10.6 Å². The number of amides is 3. The molecule has 1 aliphatic carbocycles. The minimum atomic E-state index is -0.450. The van der Waals surface area contributed by atoms with E-state index >= 15 is 0 Å². The highest BCUT2D eigenvalue weighted by atomic mass is 16.5. The Bertz CT molecular complexity index is 641. The maximum atomic E-state index is 12.0. The van der Waals surface area contributed by atoms with Crippen LogP contribution < -0.4 is 20.3 Å². The van der Waals surface area contributed by atoms with E-state index in [0.717, 1.165) is 29.8 Å². The van der Waals surface area contributed by atoms with E-state index in [1.54, 1.807) is 18.9 Å². The fourth-order valence-electron chi connectivity index (χ4n) is 3.52. The molecule has 2 aliphatic rings. The Labute approximate surface area is 148 Å². The van der Waals surface area contributed by atoms with Crippen LogP contribution in [0.15, 0.2) is 18.2 Å². The van der Waals surface area contributed by atoms with E-state index in [9.17, 15) is 9.59 Å². The maximum absolute atomic E-state index is 12.0. The minimum absolute atomic E-state index is 0.0466. The van der Waals surface area contributed by atoms with E-state index < -0.39 is 6.10 Å². The van der Waals surface area contributed by atoms with Gasteiger partial charge in [-0.1, -0.05) is 25.3 Å². The molecule has 1 fully saturated rings. The van der Waals surface area contributed by atoms with Crippen molar-refractivity contribution < 1.29 is 14.3 Å². The van der Waals surface area contributed by atoms with Gasteiger partial charge in [0.05, 0.1) is 5.69 Å². The molecule has 3 rings (SSSR count). The second-order valence-electron chi connectivity index (χ2n) is 6.94. The smallest absolute Gasteiger partial charge is 0.315 e. The number of likely N-dealkylation sites (N-methyl/N-ethyl adjacent to an activating group) is 1. The largest absolute Gasteiger partial charge is 0.479 e. The van der Waals surface area contributed by atoms with Gasteiger partial charge in [-0.15, -0.1) is 0 Å². The van der Waals surface area contributed by atoms with E-state index in [1.807, 2.05) is 18.2 Å². The van der Waals surface area contributed by atoms with Crippen molar-refractivity contribution in [3.05, 3.63) is 23.8 Å². The van der Waals surface area contributed by atoms with Gasteiger partial charge in [0, 0.05) is 19.6 Å². The zero-order chi connectivity index (χ0) is 17.8. The van der Waals surface area contributed by atoms with Gasteiger partial charge in [0.2, 0.25) is 0 Å². The molecule has 1 aromatic rings. The predicted molar refractivity (Wildman–Crippen MR) is 97.1 cm³/mol. The normalized spacial score (nSPS) is 20.6. The number of carbonyl (C=O) groups excluding carboxylic acids is 2. The highest BCUT2D eigenvalue weighted by Gasteiger charge is 2.28. The Hall–Kier alpha value is -2.24. The molecule has 0 aromatic heterocycles. The van der Waals surface area contributed by atoms with Gasteiger partial charge in [-0.05, 0) is 43.9 Å². The minimum Gasteiger partial charge on any atom is -0.479 e. The van der Waals surface area contributed by atoms with Crippen LogP contribution in [0.1, 0.15) is 44.6 Å². The van der Waals surface area contributed by atoms with Gasteiger partial charge >= 0.3 is 6.03 Å². The molecule has 1 heterocycles. The monoisotopic (exact) mass is 345 g/mol. The summed E-state index contributed by atoms with van der Waals surface area (Å²) in [6.45, 7) is 2.32. The van der Waals surface area contributed by atoms with Crippen molar-refractivity contribution in [3.63, 3.8) is 0 Å². The van der Waals surface area contributed by atoms with Crippen LogP contribution >= 0.6 is 0 Å². The molecule has 1 aromatic carbocycles. The number of rotatable bonds is 4. The maximum Gasteiger partial charge on any atom is 0.315 e. The standard InChI is InChI=1S/C19H27N3O3/c1-13-18(23)22(2)16-12-14(8-9-17(16)25-13)10-11-20-19(24)21-15-6-4-3-5-7-15/h8-9,12-13,15H,3-7,10-11H2,1-2H3,(H2,20,21,24). The van der Waals surface area contributed by atoms with Crippen LogP contribution in [0.25, 0.3) is 0 Å². The van der Waals surface area contributed by atoms with Crippen LogP contribution in [0.3, 0.4) is 0 Å². The molecular formula is C19H27N3O3. The van der Waals surface area contributed by atoms with Gasteiger partial charge < -0.3 is 20.3 Å². The van der Waals surface area contributed by atoms with Gasteiger partial charge in [0.25, 0.3) is 5.91 Å². The summed E-state index contributed by atoms with van der Waals surface area (Å²) in [4.78, 5) is 25.6. The number of anilines is 1. The Kier molecular flexibility index (Phi) is 5.46. The molecule has 6 heteroatoms. The van der Waals surface area contributed by atoms with Crippen LogP contribution in [0.2, 0.25) is 0 Å². The summed E-state index contributed by atoms with van der Waals surface area (Å²) in [5.74, 6) is 0.677. The average Bonchev–Trinajstić information content (AvgIpc) is 2.61. The lowest BCUT2D eigenvalue weighted by Gasteiger charge is -2.30. The molecule has 0 bridgehead atoms. The van der Waals surface area contributed by atoms with Gasteiger partial charge in [0.15, 0.2) is 6.10 Å². The van der Waals surface area contributed by atoms with Crippen molar-refractivity contribution in [1.29, 1.82) is 0 Å². The third-order valence-corrected chi connectivity index (χ3v) is 5.01. The lowest BCUT2D eigenvalue weighted by atomic mass is 9.96. The fraction of sp³-hybridized carbons (Fsp3) is 0.579. The van der Waals surface area contributed by atoms with Crippen LogP contribution in [-0.2, 0) is 11.2 Å². The van der Waals surface area contributed by atoms with Crippen molar-refractivity contribution in [2.24, 2.45) is 0 Å². The molecule has 1 atom stereocenters. The second-order valence-corrected chi connectivity index (χ2v) is 6.94. The lowest BCUT2D eigenvalue weighted by Crippen LogP contribution is -2.43. The molecule has 1 aliphatic heterocycles. The van der Waals surface area contributed by atoms with Crippen LogP contribution in [0.5, 0.6) is 5.75 Å².